The van der Waals surface area contributed by atoms with Gasteiger partial charge in [-0.25, -0.2) is 15.8 Å². The van der Waals surface area contributed by atoms with Crippen molar-refractivity contribution in [3.05, 3.63) is 28.7 Å². The van der Waals surface area contributed by atoms with E-state index in [0.717, 1.165) is 15.8 Å². The molecule has 0 aliphatic rings. The van der Waals surface area contributed by atoms with Crippen molar-refractivity contribution in [2.45, 2.75) is 26.6 Å². The van der Waals surface area contributed by atoms with Crippen LogP contribution in [0.25, 0.3) is 20.7 Å². The molecule has 3 N–H and O–H groups in total. The lowest BCUT2D eigenvalue weighted by molar-refractivity contribution is 0.0615. The van der Waals surface area contributed by atoms with Gasteiger partial charge in [0, 0.05) is 15.8 Å². The van der Waals surface area contributed by atoms with Crippen molar-refractivity contribution >= 4 is 38.7 Å². The van der Waals surface area contributed by atoms with E-state index in [-0.39, 0.29) is 6.10 Å². The van der Waals surface area contributed by atoms with Gasteiger partial charge in [0.05, 0.1) is 11.5 Å². The number of rotatable bonds is 5. The van der Waals surface area contributed by atoms with Crippen molar-refractivity contribution in [2.75, 3.05) is 5.43 Å². The molecule has 0 aliphatic heterocycles. The Kier molecular flexibility index (Phi) is 4.16. The highest BCUT2D eigenvalue weighted by Gasteiger charge is 2.15. The Morgan fingerprint density at radius 3 is 2.86 bits per heavy atom. The van der Waals surface area contributed by atoms with E-state index in [4.69, 9.17) is 10.6 Å². The molecule has 0 aliphatic carbocycles. The van der Waals surface area contributed by atoms with Crippen LogP contribution in [0.3, 0.4) is 0 Å². The first-order valence-electron chi connectivity index (χ1n) is 6.59. The molecule has 3 heterocycles. The molecular formula is C14H16N4OS2. The number of nitrogens with zero attached hydrogens (tertiary/aromatic N) is 2. The third kappa shape index (κ3) is 2.91. The molecule has 21 heavy (non-hydrogen) atoms. The van der Waals surface area contributed by atoms with Crippen LogP contribution in [0.5, 0.6) is 0 Å². The van der Waals surface area contributed by atoms with Gasteiger partial charge in [-0.2, -0.15) is 0 Å². The average Bonchev–Trinajstić information content (AvgIpc) is 3.12. The number of ether oxygens (including phenoxy) is 1. The molecule has 0 fully saturated rings. The smallest absolute Gasteiger partial charge is 0.158 e. The fourth-order valence-electron chi connectivity index (χ4n) is 2.01. The topological polar surface area (TPSA) is 73.1 Å². The Hall–Kier alpha value is -1.54. The predicted molar refractivity (Wildman–Crippen MR) is 88.5 cm³/mol. The summed E-state index contributed by atoms with van der Waals surface area (Å²) >= 11 is 3.29. The molecule has 0 atom stereocenters. The molecule has 110 valence electrons. The lowest BCUT2D eigenvalue weighted by Gasteiger charge is -2.09. The van der Waals surface area contributed by atoms with E-state index in [9.17, 15) is 0 Å². The van der Waals surface area contributed by atoms with Crippen molar-refractivity contribution in [3.63, 3.8) is 0 Å². The van der Waals surface area contributed by atoms with E-state index >= 15 is 0 Å². The highest BCUT2D eigenvalue weighted by molar-refractivity contribution is 7.18. The second-order valence-corrected chi connectivity index (χ2v) is 6.61. The highest BCUT2D eigenvalue weighted by Crippen LogP contribution is 2.38. The van der Waals surface area contributed by atoms with Crippen LogP contribution in [0.4, 0.5) is 5.82 Å². The summed E-state index contributed by atoms with van der Waals surface area (Å²) in [6.45, 7) is 4.36. The fraction of sp³-hybridized carbons (Fsp3) is 0.286. The van der Waals surface area contributed by atoms with Gasteiger partial charge in [0.25, 0.3) is 0 Å². The van der Waals surface area contributed by atoms with Crippen LogP contribution in [-0.2, 0) is 11.3 Å². The summed E-state index contributed by atoms with van der Waals surface area (Å²) in [7, 11) is 0. The Bertz CT molecular complexity index is 737. The maximum atomic E-state index is 5.65. The number of hydrazine groups is 1. The largest absolute Gasteiger partial charge is 0.371 e. The van der Waals surface area contributed by atoms with Gasteiger partial charge >= 0.3 is 0 Å². The number of nitrogens with two attached hydrogens (primary N) is 1. The van der Waals surface area contributed by atoms with Crippen LogP contribution >= 0.6 is 22.7 Å². The van der Waals surface area contributed by atoms with E-state index in [0.29, 0.717) is 18.2 Å². The first-order chi connectivity index (χ1) is 10.2. The quantitative estimate of drug-likeness (QED) is 0.555. The number of fused-ring (bicyclic) bond motifs is 1. The molecule has 0 spiro atoms. The molecule has 0 saturated carbocycles. The molecule has 0 unspecified atom stereocenters. The predicted octanol–water partition coefficient (Wildman–Crippen LogP) is 3.63. The summed E-state index contributed by atoms with van der Waals surface area (Å²) in [5.74, 6) is 6.94. The van der Waals surface area contributed by atoms with E-state index in [1.54, 1.807) is 22.7 Å². The van der Waals surface area contributed by atoms with Crippen molar-refractivity contribution in [3.8, 4) is 10.4 Å². The minimum absolute atomic E-state index is 0.142. The first-order valence-corrected chi connectivity index (χ1v) is 8.35. The van der Waals surface area contributed by atoms with Gasteiger partial charge in [-0.1, -0.05) is 6.07 Å². The van der Waals surface area contributed by atoms with E-state index < -0.39 is 0 Å². The third-order valence-electron chi connectivity index (χ3n) is 2.95. The van der Waals surface area contributed by atoms with Gasteiger partial charge < -0.3 is 10.2 Å². The van der Waals surface area contributed by atoms with Crippen LogP contribution in [0, 0.1) is 0 Å². The van der Waals surface area contributed by atoms with Crippen LogP contribution in [0.1, 0.15) is 19.7 Å². The Labute approximate surface area is 130 Å². The van der Waals surface area contributed by atoms with Crippen LogP contribution < -0.4 is 11.3 Å². The number of hydrogen-bond donors (Lipinski definition) is 2. The molecular weight excluding hydrogens is 304 g/mol. The Balaban J connectivity index is 2.06. The summed E-state index contributed by atoms with van der Waals surface area (Å²) < 4.78 is 5.57. The van der Waals surface area contributed by atoms with Gasteiger partial charge in [-0.3, -0.25) is 0 Å². The number of anilines is 1. The van der Waals surface area contributed by atoms with E-state index in [1.807, 2.05) is 19.9 Å². The van der Waals surface area contributed by atoms with Crippen LogP contribution in [-0.4, -0.2) is 16.1 Å². The van der Waals surface area contributed by atoms with Crippen molar-refractivity contribution in [1.29, 1.82) is 0 Å². The van der Waals surface area contributed by atoms with Gasteiger partial charge in [0.2, 0.25) is 0 Å². The number of nitrogens with one attached hydrogen (secondary N) is 1. The average molecular weight is 320 g/mol. The monoisotopic (exact) mass is 320 g/mol. The van der Waals surface area contributed by atoms with Crippen molar-refractivity contribution in [2.24, 2.45) is 5.84 Å². The molecule has 0 saturated heterocycles. The lowest BCUT2D eigenvalue weighted by atomic mass is 10.2. The molecule has 3 aromatic heterocycles. The van der Waals surface area contributed by atoms with Crippen LogP contribution in [0.2, 0.25) is 0 Å². The molecule has 3 aromatic rings. The summed E-state index contributed by atoms with van der Waals surface area (Å²) in [4.78, 5) is 11.2. The molecule has 0 radical (unpaired) electrons. The third-order valence-corrected chi connectivity index (χ3v) is 4.72. The van der Waals surface area contributed by atoms with E-state index in [2.05, 4.69) is 32.2 Å². The lowest BCUT2D eigenvalue weighted by Crippen LogP contribution is -2.12. The normalized spacial score (nSPS) is 11.4. The van der Waals surface area contributed by atoms with E-state index in [1.165, 1.54) is 4.88 Å². The zero-order valence-corrected chi connectivity index (χ0v) is 13.4. The maximum Gasteiger partial charge on any atom is 0.158 e. The zero-order chi connectivity index (χ0) is 14.8. The van der Waals surface area contributed by atoms with Gasteiger partial charge in [-0.15, -0.1) is 22.7 Å². The molecule has 7 heteroatoms. The molecule has 3 rings (SSSR count). The molecule has 0 aromatic carbocycles. The minimum atomic E-state index is 0.142. The summed E-state index contributed by atoms with van der Waals surface area (Å²) in [6, 6.07) is 4.12. The number of thiophene rings is 2. The molecule has 0 bridgehead atoms. The zero-order valence-electron chi connectivity index (χ0n) is 11.8. The SMILES string of the molecule is CC(C)OCc1nc(NN)c2c(-c3cccs3)csc2n1. The number of hydrogen-bond acceptors (Lipinski definition) is 7. The fourth-order valence-corrected chi connectivity index (χ4v) is 3.79. The van der Waals surface area contributed by atoms with Crippen LogP contribution in [0.15, 0.2) is 22.9 Å². The summed E-state index contributed by atoms with van der Waals surface area (Å²) in [6.07, 6.45) is 0.142. The highest BCUT2D eigenvalue weighted by atomic mass is 32.1. The first kappa shape index (κ1) is 14.4. The second-order valence-electron chi connectivity index (χ2n) is 4.80. The second kappa shape index (κ2) is 6.07. The van der Waals surface area contributed by atoms with Crippen molar-refractivity contribution in [1.82, 2.24) is 9.97 Å². The Morgan fingerprint density at radius 2 is 2.19 bits per heavy atom. The Morgan fingerprint density at radius 1 is 1.33 bits per heavy atom. The maximum absolute atomic E-state index is 5.65. The number of aromatic nitrogens is 2. The van der Waals surface area contributed by atoms with Gasteiger partial charge in [0.15, 0.2) is 11.6 Å². The minimum Gasteiger partial charge on any atom is -0.371 e. The standard InChI is InChI=1S/C14H16N4OS2/c1-8(2)19-6-11-16-13(18-15)12-9(7-21-14(12)17-11)10-4-3-5-20-10/h3-5,7-8H,6,15H2,1-2H3,(H,16,17,18). The van der Waals surface area contributed by atoms with Crippen molar-refractivity contribution < 1.29 is 4.74 Å². The van der Waals surface area contributed by atoms with Gasteiger partial charge in [-0.05, 0) is 25.3 Å². The molecule has 0 amide bonds. The summed E-state index contributed by atoms with van der Waals surface area (Å²) in [5, 5.41) is 5.12. The van der Waals surface area contributed by atoms with Gasteiger partial charge in [0.1, 0.15) is 11.4 Å². The summed E-state index contributed by atoms with van der Waals surface area (Å²) in [5.41, 5.74) is 3.81. The number of nitrogen functional groups attached to an aromatic ring is 1. The molecule has 5 nitrogen and oxygen atoms in total.